The lowest BCUT2D eigenvalue weighted by Crippen LogP contribution is -2.00. The molecule has 0 saturated heterocycles. The van der Waals surface area contributed by atoms with Crippen molar-refractivity contribution in [2.24, 2.45) is 0 Å². The number of nitrogen functional groups attached to an aromatic ring is 1. The maximum absolute atomic E-state index is 9.39. The van der Waals surface area contributed by atoms with Crippen LogP contribution in [0.3, 0.4) is 0 Å². The van der Waals surface area contributed by atoms with E-state index in [9.17, 15) is 5.26 Å². The topological polar surface area (TPSA) is 75.6 Å². The third-order valence-electron chi connectivity index (χ3n) is 3.45. The van der Waals surface area contributed by atoms with Gasteiger partial charge in [0.25, 0.3) is 0 Å². The molecule has 0 aliphatic rings. The molecule has 0 bridgehead atoms. The molecule has 2 N–H and O–H groups in total. The van der Waals surface area contributed by atoms with Crippen LogP contribution in [-0.2, 0) is 0 Å². The second-order valence-electron chi connectivity index (χ2n) is 5.00. The largest absolute Gasteiger partial charge is 0.383 e. The lowest BCUT2D eigenvalue weighted by molar-refractivity contribution is 1.29. The normalized spacial score (nSPS) is 10.4. The first kappa shape index (κ1) is 14.2. The quantitative estimate of drug-likeness (QED) is 0.778. The maximum atomic E-state index is 9.39. The average Bonchev–Trinajstić information content (AvgIpc) is 2.86. The number of anilines is 1. The van der Waals surface area contributed by atoms with Crippen LogP contribution in [0.2, 0.25) is 0 Å². The fourth-order valence-corrected chi connectivity index (χ4v) is 3.39. The molecular formula is C17H14N4S. The third kappa shape index (κ3) is 2.45. The van der Waals surface area contributed by atoms with Crippen molar-refractivity contribution >= 4 is 17.2 Å². The molecule has 0 aliphatic heterocycles. The van der Waals surface area contributed by atoms with E-state index in [-0.39, 0.29) is 5.82 Å². The molecule has 4 nitrogen and oxygen atoms in total. The first-order valence-electron chi connectivity index (χ1n) is 6.78. The summed E-state index contributed by atoms with van der Waals surface area (Å²) < 4.78 is 0. The smallest absolute Gasteiger partial charge is 0.142 e. The van der Waals surface area contributed by atoms with Crippen LogP contribution in [0.5, 0.6) is 0 Å². The molecule has 0 amide bonds. The van der Waals surface area contributed by atoms with Gasteiger partial charge in [-0.05, 0) is 32.0 Å². The van der Waals surface area contributed by atoms with Gasteiger partial charge in [-0.2, -0.15) is 5.26 Å². The summed E-state index contributed by atoms with van der Waals surface area (Å²) in [6.07, 6.45) is 3.43. The average molecular weight is 306 g/mol. The Hall–Kier alpha value is -2.71. The molecule has 3 aromatic heterocycles. The Balaban J connectivity index is 2.26. The molecule has 0 aromatic carbocycles. The molecule has 0 radical (unpaired) electrons. The van der Waals surface area contributed by atoms with Crippen LogP contribution in [-0.4, -0.2) is 9.97 Å². The molecule has 0 aliphatic carbocycles. The summed E-state index contributed by atoms with van der Waals surface area (Å²) in [6, 6.07) is 9.92. The van der Waals surface area contributed by atoms with Gasteiger partial charge in [0.05, 0.1) is 5.69 Å². The molecule has 3 rings (SSSR count). The van der Waals surface area contributed by atoms with Crippen molar-refractivity contribution in [1.82, 2.24) is 9.97 Å². The second kappa shape index (κ2) is 5.58. The van der Waals surface area contributed by atoms with Crippen molar-refractivity contribution in [3.05, 3.63) is 52.0 Å². The minimum Gasteiger partial charge on any atom is -0.383 e. The maximum Gasteiger partial charge on any atom is 0.142 e. The molecule has 3 aromatic rings. The van der Waals surface area contributed by atoms with Gasteiger partial charge < -0.3 is 5.73 Å². The van der Waals surface area contributed by atoms with Crippen LogP contribution in [0.1, 0.15) is 15.3 Å². The molecule has 0 saturated carbocycles. The SMILES string of the molecule is Cc1cc(-c2cc(-c3cccnc3)c(C#N)c(N)n2)c(C)s1. The van der Waals surface area contributed by atoms with E-state index in [1.165, 1.54) is 9.75 Å². The van der Waals surface area contributed by atoms with Gasteiger partial charge in [-0.15, -0.1) is 11.3 Å². The summed E-state index contributed by atoms with van der Waals surface area (Å²) in [6.45, 7) is 4.13. The van der Waals surface area contributed by atoms with Crippen LogP contribution in [0.25, 0.3) is 22.4 Å². The highest BCUT2D eigenvalue weighted by atomic mass is 32.1. The molecule has 0 unspecified atom stereocenters. The second-order valence-corrected chi connectivity index (χ2v) is 6.46. The van der Waals surface area contributed by atoms with E-state index < -0.39 is 0 Å². The Kier molecular flexibility index (Phi) is 3.61. The minimum absolute atomic E-state index is 0.252. The van der Waals surface area contributed by atoms with E-state index in [0.717, 1.165) is 22.4 Å². The van der Waals surface area contributed by atoms with E-state index in [1.54, 1.807) is 23.7 Å². The zero-order valence-electron chi connectivity index (χ0n) is 12.3. The fraction of sp³-hybridized carbons (Fsp3) is 0.118. The van der Waals surface area contributed by atoms with Crippen molar-refractivity contribution in [3.63, 3.8) is 0 Å². The number of hydrogen-bond donors (Lipinski definition) is 1. The van der Waals surface area contributed by atoms with Crippen LogP contribution < -0.4 is 5.73 Å². The zero-order chi connectivity index (χ0) is 15.7. The molecule has 108 valence electrons. The number of aromatic nitrogens is 2. The van der Waals surface area contributed by atoms with Gasteiger partial charge in [0.2, 0.25) is 0 Å². The molecular weight excluding hydrogens is 292 g/mol. The number of nitrogens with two attached hydrogens (primary N) is 1. The van der Waals surface area contributed by atoms with E-state index in [0.29, 0.717) is 5.56 Å². The first-order chi connectivity index (χ1) is 10.6. The zero-order valence-corrected chi connectivity index (χ0v) is 13.1. The number of aryl methyl sites for hydroxylation is 2. The first-order valence-corrected chi connectivity index (χ1v) is 7.60. The highest BCUT2D eigenvalue weighted by Crippen LogP contribution is 2.34. The predicted octanol–water partition coefficient (Wildman–Crippen LogP) is 3.94. The van der Waals surface area contributed by atoms with E-state index in [2.05, 4.69) is 36.0 Å². The summed E-state index contributed by atoms with van der Waals surface area (Å²) in [4.78, 5) is 10.9. The van der Waals surface area contributed by atoms with Crippen molar-refractivity contribution in [3.8, 4) is 28.5 Å². The number of hydrogen-bond acceptors (Lipinski definition) is 5. The van der Waals surface area contributed by atoms with Crippen LogP contribution in [0.15, 0.2) is 36.7 Å². The van der Waals surface area contributed by atoms with Crippen molar-refractivity contribution in [2.75, 3.05) is 5.73 Å². The number of pyridine rings is 2. The lowest BCUT2D eigenvalue weighted by atomic mass is 10.00. The number of thiophene rings is 1. The Morgan fingerprint density at radius 2 is 2.05 bits per heavy atom. The highest BCUT2D eigenvalue weighted by Gasteiger charge is 2.15. The summed E-state index contributed by atoms with van der Waals surface area (Å²) in [5, 5.41) is 9.39. The summed E-state index contributed by atoms with van der Waals surface area (Å²) in [5.74, 6) is 0.252. The van der Waals surface area contributed by atoms with Gasteiger partial charge in [0, 0.05) is 38.8 Å². The van der Waals surface area contributed by atoms with Crippen molar-refractivity contribution in [1.29, 1.82) is 5.26 Å². The Bertz CT molecular complexity index is 876. The minimum atomic E-state index is 0.252. The molecule has 0 fully saturated rings. The Morgan fingerprint density at radius 1 is 1.23 bits per heavy atom. The molecule has 3 heterocycles. The van der Waals surface area contributed by atoms with Gasteiger partial charge in [-0.25, -0.2) is 4.98 Å². The summed E-state index contributed by atoms with van der Waals surface area (Å²) in [5.41, 5.74) is 9.88. The van der Waals surface area contributed by atoms with E-state index >= 15 is 0 Å². The molecule has 22 heavy (non-hydrogen) atoms. The monoisotopic (exact) mass is 306 g/mol. The lowest BCUT2D eigenvalue weighted by Gasteiger charge is -2.09. The third-order valence-corrected chi connectivity index (χ3v) is 4.41. The van der Waals surface area contributed by atoms with Gasteiger partial charge in [-0.1, -0.05) is 6.07 Å². The van der Waals surface area contributed by atoms with Crippen LogP contribution in [0.4, 0.5) is 5.82 Å². The van der Waals surface area contributed by atoms with Gasteiger partial charge in [0.1, 0.15) is 17.5 Å². The fourth-order valence-electron chi connectivity index (χ4n) is 2.46. The Morgan fingerprint density at radius 3 is 2.64 bits per heavy atom. The van der Waals surface area contributed by atoms with Crippen LogP contribution >= 0.6 is 11.3 Å². The summed E-state index contributed by atoms with van der Waals surface area (Å²) >= 11 is 1.72. The highest BCUT2D eigenvalue weighted by molar-refractivity contribution is 7.12. The predicted molar refractivity (Wildman–Crippen MR) is 89.4 cm³/mol. The molecule has 0 atom stereocenters. The number of nitrogens with zero attached hydrogens (tertiary/aromatic N) is 3. The molecule has 5 heteroatoms. The van der Waals surface area contributed by atoms with Gasteiger partial charge in [0.15, 0.2) is 0 Å². The standard InChI is InChI=1S/C17H14N4S/c1-10-6-13(11(2)22-10)16-7-14(12-4-3-5-20-9-12)15(8-18)17(19)21-16/h3-7,9H,1-2H3,(H2,19,21). The number of nitriles is 1. The van der Waals surface area contributed by atoms with Crippen molar-refractivity contribution in [2.45, 2.75) is 13.8 Å². The van der Waals surface area contributed by atoms with E-state index in [1.807, 2.05) is 18.2 Å². The molecule has 0 spiro atoms. The van der Waals surface area contributed by atoms with Crippen LogP contribution in [0, 0.1) is 25.2 Å². The van der Waals surface area contributed by atoms with Gasteiger partial charge in [-0.3, -0.25) is 4.98 Å². The van der Waals surface area contributed by atoms with Gasteiger partial charge >= 0.3 is 0 Å². The number of rotatable bonds is 2. The van der Waals surface area contributed by atoms with E-state index in [4.69, 9.17) is 5.73 Å². The summed E-state index contributed by atoms with van der Waals surface area (Å²) in [7, 11) is 0. The Labute approximate surface area is 132 Å². The van der Waals surface area contributed by atoms with Crippen molar-refractivity contribution < 1.29 is 0 Å².